The second-order valence-electron chi connectivity index (χ2n) is 11.1. The van der Waals surface area contributed by atoms with Crippen molar-refractivity contribution >= 4 is 31.9 Å². The van der Waals surface area contributed by atoms with Gasteiger partial charge in [-0.1, -0.05) is 67.6 Å². The molecule has 2 N–H and O–H groups in total. The number of likely N-dealkylation sites (N-methyl/N-ethyl adjacent to an activating group) is 1. The van der Waals surface area contributed by atoms with Gasteiger partial charge in [0.25, 0.3) is 0 Å². The fraction of sp³-hybridized carbons (Fsp3) is 0.400. The number of hydrogen-bond donors (Lipinski definition) is 2. The third kappa shape index (κ3) is 8.06. The number of aryl methyl sites for hydroxylation is 3. The van der Waals surface area contributed by atoms with E-state index in [-0.39, 0.29) is 12.1 Å². The van der Waals surface area contributed by atoms with Crippen LogP contribution in [0.5, 0.6) is 5.75 Å². The second-order valence-corrected chi connectivity index (χ2v) is 12.9. The molecule has 2 atom stereocenters. The molecule has 0 saturated carbocycles. The van der Waals surface area contributed by atoms with Gasteiger partial charge in [0.05, 0.1) is 24.9 Å². The number of pyridine rings is 1. The first-order valence-electron chi connectivity index (χ1n) is 14.9. The first kappa shape index (κ1) is 32.3. The highest BCUT2D eigenvalue weighted by molar-refractivity contribution is 9.10. The number of halogens is 2. The maximum atomic E-state index is 5.43. The third-order valence-electron chi connectivity index (χ3n) is 8.00. The van der Waals surface area contributed by atoms with Crippen LogP contribution in [0.2, 0.25) is 0 Å². The summed E-state index contributed by atoms with van der Waals surface area (Å²) in [6.07, 6.45) is 7.06. The van der Waals surface area contributed by atoms with Crippen molar-refractivity contribution in [1.29, 1.82) is 0 Å². The summed E-state index contributed by atoms with van der Waals surface area (Å²) < 4.78 is 7.60. The summed E-state index contributed by atoms with van der Waals surface area (Å²) in [5.41, 5.74) is 9.51. The van der Waals surface area contributed by atoms with Crippen LogP contribution in [-0.2, 0) is 19.4 Å². The van der Waals surface area contributed by atoms with Gasteiger partial charge in [0.1, 0.15) is 5.75 Å². The Morgan fingerprint density at radius 3 is 2.64 bits per heavy atom. The van der Waals surface area contributed by atoms with Gasteiger partial charge in [-0.15, -0.1) is 0 Å². The van der Waals surface area contributed by atoms with Crippen molar-refractivity contribution < 1.29 is 4.74 Å². The number of nitrogens with zero attached hydrogens (tertiary/aromatic N) is 2. The molecule has 2 aromatic carbocycles. The van der Waals surface area contributed by atoms with Crippen molar-refractivity contribution in [3.05, 3.63) is 116 Å². The molecule has 1 aliphatic carbocycles. The maximum Gasteiger partial charge on any atom is 0.119 e. The highest BCUT2D eigenvalue weighted by atomic mass is 79.9. The standard InChI is InChI=1S/C35H44Br2N4O/c1-7-9-11-24(4)40-32(25(5)38-20-26-12-10-13-30(18-26)42-6)22-41(8-2)35-33-27(16-23(3)17-31(33)37)14-15-28-19-29(36)21-39-34(28)35/h10,12-13,16-19,21,32,35,38,40H,4-5,7-9,11,14-15,20,22H2,1-3,6H3. The van der Waals surface area contributed by atoms with Gasteiger partial charge in [0.2, 0.25) is 0 Å². The van der Waals surface area contributed by atoms with Gasteiger partial charge in [-0.3, -0.25) is 9.88 Å². The Morgan fingerprint density at radius 2 is 1.90 bits per heavy atom. The van der Waals surface area contributed by atoms with Crippen LogP contribution in [-0.4, -0.2) is 36.1 Å². The number of unbranched alkanes of at least 4 members (excludes halogenated alkanes) is 1. The van der Waals surface area contributed by atoms with Crippen molar-refractivity contribution in [2.75, 3.05) is 20.2 Å². The first-order chi connectivity index (χ1) is 20.2. The fourth-order valence-corrected chi connectivity index (χ4v) is 6.97. The summed E-state index contributed by atoms with van der Waals surface area (Å²) in [4.78, 5) is 7.58. The molecule has 3 aromatic rings. The van der Waals surface area contributed by atoms with Crippen molar-refractivity contribution in [3.8, 4) is 5.75 Å². The van der Waals surface area contributed by atoms with Crippen molar-refractivity contribution in [3.63, 3.8) is 0 Å². The molecule has 1 aliphatic rings. The van der Waals surface area contributed by atoms with E-state index in [1.807, 2.05) is 18.3 Å². The number of nitrogens with one attached hydrogen (secondary N) is 2. The SMILES string of the molecule is C=C(CCCC)NC(CN(CC)C1c2ncc(Br)cc2CCc2cc(C)cc(Br)c21)C(=C)NCc1cccc(OC)c1. The summed E-state index contributed by atoms with van der Waals surface area (Å²) in [5.74, 6) is 0.852. The van der Waals surface area contributed by atoms with E-state index in [0.29, 0.717) is 6.54 Å². The van der Waals surface area contributed by atoms with Gasteiger partial charge in [0, 0.05) is 39.6 Å². The van der Waals surface area contributed by atoms with Crippen LogP contribution < -0.4 is 15.4 Å². The molecular weight excluding hydrogens is 652 g/mol. The molecule has 1 heterocycles. The van der Waals surface area contributed by atoms with Crippen molar-refractivity contribution in [1.82, 2.24) is 20.5 Å². The maximum absolute atomic E-state index is 5.43. The molecule has 5 nitrogen and oxygen atoms in total. The van der Waals surface area contributed by atoms with E-state index in [1.165, 1.54) is 22.3 Å². The molecule has 0 bridgehead atoms. The summed E-state index contributed by atoms with van der Waals surface area (Å²) in [5, 5.41) is 7.36. The van der Waals surface area contributed by atoms with E-state index in [0.717, 1.165) is 82.5 Å². The lowest BCUT2D eigenvalue weighted by atomic mass is 9.94. The van der Waals surface area contributed by atoms with E-state index in [4.69, 9.17) is 9.72 Å². The zero-order chi connectivity index (χ0) is 30.2. The minimum atomic E-state index is -0.0465. The van der Waals surface area contributed by atoms with Gasteiger partial charge < -0.3 is 15.4 Å². The van der Waals surface area contributed by atoms with Crippen molar-refractivity contribution in [2.45, 2.75) is 71.5 Å². The molecule has 0 spiro atoms. The zero-order valence-corrected chi connectivity index (χ0v) is 28.6. The molecule has 0 radical (unpaired) electrons. The Labute approximate surface area is 269 Å². The Kier molecular flexibility index (Phi) is 11.7. The smallest absolute Gasteiger partial charge is 0.119 e. The average molecular weight is 697 g/mol. The topological polar surface area (TPSA) is 49.4 Å². The van der Waals surface area contributed by atoms with Crippen LogP contribution in [0.4, 0.5) is 0 Å². The van der Waals surface area contributed by atoms with Crippen LogP contribution >= 0.6 is 31.9 Å². The normalized spacial score (nSPS) is 14.9. The highest BCUT2D eigenvalue weighted by Gasteiger charge is 2.33. The lowest BCUT2D eigenvalue weighted by Gasteiger charge is -2.36. The van der Waals surface area contributed by atoms with Gasteiger partial charge in [-0.2, -0.15) is 0 Å². The molecule has 0 saturated heterocycles. The molecule has 7 heteroatoms. The summed E-state index contributed by atoms with van der Waals surface area (Å²) in [6, 6.07) is 14.9. The summed E-state index contributed by atoms with van der Waals surface area (Å²) in [6.45, 7) is 17.8. The number of methoxy groups -OCH3 is 1. The molecule has 1 aromatic heterocycles. The predicted molar refractivity (Wildman–Crippen MR) is 182 cm³/mol. The van der Waals surface area contributed by atoms with E-state index in [2.05, 4.69) is 112 Å². The largest absolute Gasteiger partial charge is 0.497 e. The molecular formula is C35H44Br2N4O. The number of allylic oxidation sites excluding steroid dienone is 1. The minimum Gasteiger partial charge on any atom is -0.497 e. The average Bonchev–Trinajstić information content (AvgIpc) is 3.13. The minimum absolute atomic E-state index is 0.00460. The number of hydrogen-bond acceptors (Lipinski definition) is 5. The Bertz CT molecular complexity index is 1410. The Balaban J connectivity index is 1.68. The van der Waals surface area contributed by atoms with Crippen LogP contribution in [0.15, 0.2) is 82.2 Å². The molecule has 4 rings (SSSR count). The van der Waals surface area contributed by atoms with Gasteiger partial charge in [0.15, 0.2) is 0 Å². The molecule has 0 aliphatic heterocycles. The Hall–Kier alpha value is -2.61. The van der Waals surface area contributed by atoms with Crippen LogP contribution in [0, 0.1) is 6.92 Å². The molecule has 224 valence electrons. The van der Waals surface area contributed by atoms with E-state index in [9.17, 15) is 0 Å². The highest BCUT2D eigenvalue weighted by Crippen LogP contribution is 2.41. The number of fused-ring (bicyclic) bond motifs is 2. The molecule has 0 amide bonds. The van der Waals surface area contributed by atoms with Gasteiger partial charge in [-0.05, 0) is 107 Å². The lowest BCUT2D eigenvalue weighted by Crippen LogP contribution is -2.46. The van der Waals surface area contributed by atoms with Crippen LogP contribution in [0.25, 0.3) is 0 Å². The number of benzene rings is 2. The van der Waals surface area contributed by atoms with Crippen LogP contribution in [0.1, 0.15) is 72.7 Å². The number of ether oxygens (including phenoxy) is 1. The van der Waals surface area contributed by atoms with E-state index in [1.54, 1.807) is 7.11 Å². The first-order valence-corrected chi connectivity index (χ1v) is 16.5. The zero-order valence-electron chi connectivity index (χ0n) is 25.4. The van der Waals surface area contributed by atoms with E-state index >= 15 is 0 Å². The summed E-state index contributed by atoms with van der Waals surface area (Å²) in [7, 11) is 1.70. The monoisotopic (exact) mass is 694 g/mol. The molecule has 2 unspecified atom stereocenters. The Morgan fingerprint density at radius 1 is 1.12 bits per heavy atom. The lowest BCUT2D eigenvalue weighted by molar-refractivity contribution is 0.215. The molecule has 0 fully saturated rings. The molecule has 42 heavy (non-hydrogen) atoms. The fourth-order valence-electron chi connectivity index (χ4n) is 5.76. The van der Waals surface area contributed by atoms with Crippen molar-refractivity contribution in [2.24, 2.45) is 0 Å². The second kappa shape index (κ2) is 15.2. The van der Waals surface area contributed by atoms with Gasteiger partial charge >= 0.3 is 0 Å². The number of rotatable bonds is 14. The number of aromatic nitrogens is 1. The van der Waals surface area contributed by atoms with E-state index < -0.39 is 0 Å². The quantitative estimate of drug-likeness (QED) is 0.177. The predicted octanol–water partition coefficient (Wildman–Crippen LogP) is 8.40. The van der Waals surface area contributed by atoms with Crippen LogP contribution in [0.3, 0.4) is 0 Å². The summed E-state index contributed by atoms with van der Waals surface area (Å²) >= 11 is 7.64. The third-order valence-corrected chi connectivity index (χ3v) is 9.09. The van der Waals surface area contributed by atoms with Gasteiger partial charge in [-0.25, -0.2) is 0 Å².